The van der Waals surface area contributed by atoms with Crippen LogP contribution in [-0.2, 0) is 13.0 Å². The summed E-state index contributed by atoms with van der Waals surface area (Å²) >= 11 is 0. The zero-order valence-electron chi connectivity index (χ0n) is 13.4. The summed E-state index contributed by atoms with van der Waals surface area (Å²) in [6.07, 6.45) is 3.01. The molecule has 4 aromatic rings. The quantitative estimate of drug-likeness (QED) is 0.499. The first-order valence-electron chi connectivity index (χ1n) is 8.20. The van der Waals surface area contributed by atoms with E-state index in [4.69, 9.17) is 4.74 Å². The van der Waals surface area contributed by atoms with Gasteiger partial charge in [0.05, 0.1) is 5.52 Å². The van der Waals surface area contributed by atoms with Crippen LogP contribution in [0.1, 0.15) is 16.8 Å². The maximum absolute atomic E-state index is 6.05. The Labute approximate surface area is 142 Å². The first kappa shape index (κ1) is 14.6. The highest BCUT2D eigenvalue weighted by Gasteiger charge is 2.07. The molecule has 24 heavy (non-hydrogen) atoms. The van der Waals surface area contributed by atoms with Gasteiger partial charge in [0.2, 0.25) is 0 Å². The van der Waals surface area contributed by atoms with Crippen LogP contribution in [0, 0.1) is 0 Å². The van der Waals surface area contributed by atoms with Gasteiger partial charge in [-0.05, 0) is 35.4 Å². The van der Waals surface area contributed by atoms with Crippen LogP contribution in [0.5, 0.6) is 5.75 Å². The van der Waals surface area contributed by atoms with Crippen molar-refractivity contribution in [1.29, 1.82) is 0 Å². The van der Waals surface area contributed by atoms with Gasteiger partial charge >= 0.3 is 0 Å². The van der Waals surface area contributed by atoms with Gasteiger partial charge in [-0.3, -0.25) is 0 Å². The number of rotatable bonds is 5. The summed E-state index contributed by atoms with van der Waals surface area (Å²) in [7, 11) is 0. The van der Waals surface area contributed by atoms with E-state index in [0.29, 0.717) is 6.61 Å². The third-order valence-electron chi connectivity index (χ3n) is 4.20. The normalized spacial score (nSPS) is 10.8. The Balaban J connectivity index is 1.59. The molecule has 0 saturated heterocycles. The van der Waals surface area contributed by atoms with Crippen molar-refractivity contribution in [2.45, 2.75) is 13.0 Å². The van der Waals surface area contributed by atoms with E-state index in [1.807, 2.05) is 30.3 Å². The van der Waals surface area contributed by atoms with E-state index in [0.717, 1.165) is 17.7 Å². The van der Waals surface area contributed by atoms with Crippen LogP contribution in [-0.4, -0.2) is 4.40 Å². The SMILES string of the molecule is c1ccc(COc2cccn3c(Cc4ccccc4)ccc23)cc1. The summed E-state index contributed by atoms with van der Waals surface area (Å²) < 4.78 is 8.26. The van der Waals surface area contributed by atoms with Crippen LogP contribution in [0.2, 0.25) is 0 Å². The maximum Gasteiger partial charge on any atom is 0.143 e. The van der Waals surface area contributed by atoms with Crippen molar-refractivity contribution in [2.75, 3.05) is 0 Å². The predicted molar refractivity (Wildman–Crippen MR) is 97.4 cm³/mol. The Morgan fingerprint density at radius 1 is 0.667 bits per heavy atom. The Bertz CT molecular complexity index is 926. The molecule has 2 heteroatoms. The lowest BCUT2D eigenvalue weighted by Crippen LogP contribution is -1.98. The molecule has 0 aliphatic carbocycles. The molecule has 0 aliphatic heterocycles. The molecule has 2 aromatic carbocycles. The fourth-order valence-corrected chi connectivity index (χ4v) is 2.98. The first-order valence-corrected chi connectivity index (χ1v) is 8.20. The second kappa shape index (κ2) is 6.63. The van der Waals surface area contributed by atoms with E-state index < -0.39 is 0 Å². The van der Waals surface area contributed by atoms with Crippen molar-refractivity contribution in [2.24, 2.45) is 0 Å². The number of pyridine rings is 1. The number of aromatic nitrogens is 1. The second-order valence-electron chi connectivity index (χ2n) is 5.89. The largest absolute Gasteiger partial charge is 0.487 e. The standard InChI is InChI=1S/C22H19NO/c1-3-8-18(9-4-1)16-20-13-14-21-22(12-7-15-23(20)21)24-17-19-10-5-2-6-11-19/h1-15H,16-17H2. The van der Waals surface area contributed by atoms with Crippen LogP contribution in [0.4, 0.5) is 0 Å². The highest BCUT2D eigenvalue weighted by Crippen LogP contribution is 2.24. The Morgan fingerprint density at radius 3 is 2.12 bits per heavy atom. The van der Waals surface area contributed by atoms with Gasteiger partial charge in [-0.25, -0.2) is 0 Å². The summed E-state index contributed by atoms with van der Waals surface area (Å²) in [6, 6.07) is 29.2. The molecule has 2 nitrogen and oxygen atoms in total. The van der Waals surface area contributed by atoms with Crippen LogP contribution >= 0.6 is 0 Å². The van der Waals surface area contributed by atoms with Gasteiger partial charge in [-0.2, -0.15) is 0 Å². The summed E-state index contributed by atoms with van der Waals surface area (Å²) in [5, 5.41) is 0. The molecule has 118 valence electrons. The first-order chi connectivity index (χ1) is 11.9. The Morgan fingerprint density at radius 2 is 1.38 bits per heavy atom. The molecule has 0 amide bonds. The molecule has 0 spiro atoms. The van der Waals surface area contributed by atoms with Gasteiger partial charge in [0, 0.05) is 18.3 Å². The van der Waals surface area contributed by atoms with Crippen molar-refractivity contribution in [3.8, 4) is 5.75 Å². The van der Waals surface area contributed by atoms with Crippen molar-refractivity contribution in [1.82, 2.24) is 4.40 Å². The van der Waals surface area contributed by atoms with Crippen LogP contribution in [0.3, 0.4) is 0 Å². The number of ether oxygens (including phenoxy) is 1. The Hall–Kier alpha value is -3.00. The van der Waals surface area contributed by atoms with Gasteiger partial charge in [0.1, 0.15) is 12.4 Å². The third-order valence-corrected chi connectivity index (χ3v) is 4.20. The molecule has 2 aromatic heterocycles. The van der Waals surface area contributed by atoms with Crippen molar-refractivity contribution >= 4 is 5.52 Å². The lowest BCUT2D eigenvalue weighted by atomic mass is 10.1. The number of hydrogen-bond acceptors (Lipinski definition) is 1. The maximum atomic E-state index is 6.05. The van der Waals surface area contributed by atoms with Crippen molar-refractivity contribution < 1.29 is 4.74 Å². The lowest BCUT2D eigenvalue weighted by Gasteiger charge is -2.09. The van der Waals surface area contributed by atoms with Crippen LogP contribution in [0.15, 0.2) is 91.1 Å². The number of hydrogen-bond donors (Lipinski definition) is 0. The molecular weight excluding hydrogens is 294 g/mol. The monoisotopic (exact) mass is 313 g/mol. The predicted octanol–water partition coefficient (Wildman–Crippen LogP) is 5.11. The average molecular weight is 313 g/mol. The number of fused-ring (bicyclic) bond motifs is 1. The topological polar surface area (TPSA) is 13.6 Å². The zero-order chi connectivity index (χ0) is 16.2. The molecular formula is C22H19NO. The van der Waals surface area contributed by atoms with Gasteiger partial charge in [0.25, 0.3) is 0 Å². The zero-order valence-corrected chi connectivity index (χ0v) is 13.4. The summed E-state index contributed by atoms with van der Waals surface area (Å²) in [5.41, 5.74) is 4.87. The molecule has 0 bridgehead atoms. The van der Waals surface area contributed by atoms with E-state index in [-0.39, 0.29) is 0 Å². The van der Waals surface area contributed by atoms with Gasteiger partial charge in [-0.1, -0.05) is 60.7 Å². The van der Waals surface area contributed by atoms with Crippen molar-refractivity contribution in [3.05, 3.63) is 108 Å². The number of nitrogens with zero attached hydrogens (tertiary/aromatic N) is 1. The average Bonchev–Trinajstić information content (AvgIpc) is 3.05. The van der Waals surface area contributed by atoms with Crippen LogP contribution in [0.25, 0.3) is 5.52 Å². The minimum Gasteiger partial charge on any atom is -0.487 e. The molecule has 4 rings (SSSR count). The summed E-state index contributed by atoms with van der Waals surface area (Å²) in [4.78, 5) is 0. The van der Waals surface area contributed by atoms with E-state index in [1.165, 1.54) is 16.8 Å². The van der Waals surface area contributed by atoms with E-state index in [1.54, 1.807) is 0 Å². The van der Waals surface area contributed by atoms with E-state index in [2.05, 4.69) is 65.2 Å². The van der Waals surface area contributed by atoms with Crippen molar-refractivity contribution in [3.63, 3.8) is 0 Å². The van der Waals surface area contributed by atoms with Gasteiger partial charge in [0.15, 0.2) is 0 Å². The van der Waals surface area contributed by atoms with Gasteiger partial charge < -0.3 is 9.14 Å². The highest BCUT2D eigenvalue weighted by atomic mass is 16.5. The summed E-state index contributed by atoms with van der Waals surface area (Å²) in [5.74, 6) is 0.917. The minimum absolute atomic E-state index is 0.583. The summed E-state index contributed by atoms with van der Waals surface area (Å²) in [6.45, 7) is 0.583. The van der Waals surface area contributed by atoms with Gasteiger partial charge in [-0.15, -0.1) is 0 Å². The molecule has 0 saturated carbocycles. The van der Waals surface area contributed by atoms with E-state index in [9.17, 15) is 0 Å². The lowest BCUT2D eigenvalue weighted by molar-refractivity contribution is 0.309. The number of benzene rings is 2. The fraction of sp³-hybridized carbons (Fsp3) is 0.0909. The molecule has 2 heterocycles. The molecule has 0 aliphatic rings. The molecule has 0 N–H and O–H groups in total. The van der Waals surface area contributed by atoms with Crippen LogP contribution < -0.4 is 4.74 Å². The molecule has 0 atom stereocenters. The van der Waals surface area contributed by atoms with E-state index >= 15 is 0 Å². The second-order valence-corrected chi connectivity index (χ2v) is 5.89. The minimum atomic E-state index is 0.583. The smallest absolute Gasteiger partial charge is 0.143 e. The third kappa shape index (κ3) is 3.04. The highest BCUT2D eigenvalue weighted by molar-refractivity contribution is 5.61. The molecule has 0 unspecified atom stereocenters. The molecule has 0 radical (unpaired) electrons. The molecule has 0 fully saturated rings. The fourth-order valence-electron chi connectivity index (χ4n) is 2.98. The Kier molecular flexibility index (Phi) is 4.03.